The number of fused-ring (bicyclic) bond motifs is 2. The van der Waals surface area contributed by atoms with Gasteiger partial charge in [0.25, 0.3) is 5.91 Å². The minimum atomic E-state index is -0.712. The molecule has 0 bridgehead atoms. The monoisotopic (exact) mass is 478 g/mol. The zero-order valence-electron chi connectivity index (χ0n) is 18.8. The maximum atomic E-state index is 13.8. The first-order valence-corrected chi connectivity index (χ1v) is 12.2. The van der Waals surface area contributed by atoms with E-state index in [0.717, 1.165) is 29.5 Å². The fraction of sp³-hybridized carbons (Fsp3) is 0.346. The predicted octanol–water partition coefficient (Wildman–Crippen LogP) is 5.19. The van der Waals surface area contributed by atoms with Crippen molar-refractivity contribution in [3.63, 3.8) is 0 Å². The number of amides is 1. The van der Waals surface area contributed by atoms with E-state index in [1.165, 1.54) is 28.4 Å². The van der Waals surface area contributed by atoms with Crippen molar-refractivity contribution in [1.82, 2.24) is 4.98 Å². The highest BCUT2D eigenvalue weighted by molar-refractivity contribution is 7.22. The smallest absolute Gasteiger partial charge is 0.296 e. The molecule has 4 atom stereocenters. The summed E-state index contributed by atoms with van der Waals surface area (Å²) in [5.41, 5.74) is 1.74. The van der Waals surface area contributed by atoms with Crippen molar-refractivity contribution >= 4 is 38.4 Å². The Bertz CT molecular complexity index is 1350. The minimum absolute atomic E-state index is 0.0363. The van der Waals surface area contributed by atoms with Crippen molar-refractivity contribution in [1.29, 1.82) is 0 Å². The SMILES string of the molecule is COc1ccc2nc(N3C(=O)C4=C(C(=O)C5CC(C)CCC5O4)C3c3ccc(F)cc3)sc2c1. The largest absolute Gasteiger partial charge is 0.497 e. The lowest BCUT2D eigenvalue weighted by Crippen LogP contribution is -2.41. The molecule has 1 aromatic heterocycles. The quantitative estimate of drug-likeness (QED) is 0.518. The van der Waals surface area contributed by atoms with Crippen LogP contribution in [0.3, 0.4) is 0 Å². The summed E-state index contributed by atoms with van der Waals surface area (Å²) in [7, 11) is 1.60. The van der Waals surface area contributed by atoms with Crippen molar-refractivity contribution < 1.29 is 23.5 Å². The van der Waals surface area contributed by atoms with Gasteiger partial charge >= 0.3 is 0 Å². The van der Waals surface area contributed by atoms with E-state index in [0.29, 0.717) is 27.9 Å². The summed E-state index contributed by atoms with van der Waals surface area (Å²) in [5, 5.41) is 0.463. The lowest BCUT2D eigenvalue weighted by atomic mass is 9.74. The second-order valence-electron chi connectivity index (χ2n) is 9.25. The second-order valence-corrected chi connectivity index (χ2v) is 10.3. The van der Waals surface area contributed by atoms with Crippen LogP contribution in [0.2, 0.25) is 0 Å². The Morgan fingerprint density at radius 1 is 1.15 bits per heavy atom. The number of thiazole rings is 1. The maximum Gasteiger partial charge on any atom is 0.296 e. The Hall–Kier alpha value is -3.26. The van der Waals surface area contributed by atoms with Gasteiger partial charge in [0, 0.05) is 0 Å². The van der Waals surface area contributed by atoms with Gasteiger partial charge in [-0.25, -0.2) is 9.37 Å². The van der Waals surface area contributed by atoms with Gasteiger partial charge in [0.2, 0.25) is 0 Å². The molecule has 1 saturated carbocycles. The number of hydrogen-bond donors (Lipinski definition) is 0. The van der Waals surface area contributed by atoms with Crippen LogP contribution in [0.4, 0.5) is 9.52 Å². The molecule has 2 aliphatic heterocycles. The molecular formula is C26H23FN2O4S. The van der Waals surface area contributed by atoms with Gasteiger partial charge in [0.15, 0.2) is 16.7 Å². The first-order chi connectivity index (χ1) is 16.4. The minimum Gasteiger partial charge on any atom is -0.497 e. The average Bonchev–Trinajstić information content (AvgIpc) is 3.38. The van der Waals surface area contributed by atoms with E-state index < -0.39 is 6.04 Å². The third kappa shape index (κ3) is 3.23. The molecule has 8 heteroatoms. The average molecular weight is 479 g/mol. The molecule has 3 heterocycles. The zero-order valence-corrected chi connectivity index (χ0v) is 19.6. The van der Waals surface area contributed by atoms with Gasteiger partial charge in [-0.05, 0) is 61.1 Å². The van der Waals surface area contributed by atoms with Crippen LogP contribution in [0.25, 0.3) is 10.2 Å². The van der Waals surface area contributed by atoms with Gasteiger partial charge in [0.05, 0.1) is 34.9 Å². The molecule has 3 aliphatic rings. The van der Waals surface area contributed by atoms with Crippen LogP contribution < -0.4 is 9.64 Å². The van der Waals surface area contributed by atoms with E-state index in [2.05, 4.69) is 6.92 Å². The van der Waals surface area contributed by atoms with Gasteiger partial charge in [0.1, 0.15) is 17.7 Å². The van der Waals surface area contributed by atoms with E-state index in [-0.39, 0.29) is 35.3 Å². The topological polar surface area (TPSA) is 68.7 Å². The maximum absolute atomic E-state index is 13.8. The number of aromatic nitrogens is 1. The molecule has 0 saturated heterocycles. The molecular weight excluding hydrogens is 455 g/mol. The highest BCUT2D eigenvalue weighted by atomic mass is 32.1. The van der Waals surface area contributed by atoms with Crippen molar-refractivity contribution in [3.05, 3.63) is 65.2 Å². The number of anilines is 1. The summed E-state index contributed by atoms with van der Waals surface area (Å²) in [6.07, 6.45) is 2.19. The normalized spacial score (nSPS) is 26.5. The highest BCUT2D eigenvalue weighted by Gasteiger charge is 2.53. The molecule has 34 heavy (non-hydrogen) atoms. The lowest BCUT2D eigenvalue weighted by molar-refractivity contribution is -0.132. The summed E-state index contributed by atoms with van der Waals surface area (Å²) in [6.45, 7) is 2.15. The van der Waals surface area contributed by atoms with Crippen LogP contribution >= 0.6 is 11.3 Å². The molecule has 6 nitrogen and oxygen atoms in total. The number of ketones is 1. The Morgan fingerprint density at radius 3 is 2.71 bits per heavy atom. The van der Waals surface area contributed by atoms with Crippen LogP contribution in [0.1, 0.15) is 37.8 Å². The first-order valence-electron chi connectivity index (χ1n) is 11.4. The summed E-state index contributed by atoms with van der Waals surface area (Å²) < 4.78 is 26.2. The third-order valence-electron chi connectivity index (χ3n) is 7.09. The van der Waals surface area contributed by atoms with Crippen molar-refractivity contribution in [2.75, 3.05) is 12.0 Å². The van der Waals surface area contributed by atoms with Crippen molar-refractivity contribution in [2.45, 2.75) is 38.3 Å². The highest BCUT2D eigenvalue weighted by Crippen LogP contribution is 2.50. The van der Waals surface area contributed by atoms with Crippen molar-refractivity contribution in [2.24, 2.45) is 11.8 Å². The third-order valence-corrected chi connectivity index (χ3v) is 8.10. The lowest BCUT2D eigenvalue weighted by Gasteiger charge is -2.37. The summed E-state index contributed by atoms with van der Waals surface area (Å²) in [6, 6.07) is 10.7. The van der Waals surface area contributed by atoms with Crippen LogP contribution in [0.5, 0.6) is 5.75 Å². The fourth-order valence-corrected chi connectivity index (χ4v) is 6.38. The molecule has 0 N–H and O–H groups in total. The first kappa shape index (κ1) is 21.3. The molecule has 3 aromatic rings. The number of nitrogens with zero attached hydrogens (tertiary/aromatic N) is 2. The molecule has 1 fully saturated rings. The van der Waals surface area contributed by atoms with E-state index in [1.807, 2.05) is 18.2 Å². The number of ether oxygens (including phenoxy) is 2. The van der Waals surface area contributed by atoms with Crippen LogP contribution in [-0.2, 0) is 14.3 Å². The number of carbonyl (C=O) groups excluding carboxylic acids is 2. The number of halogens is 1. The van der Waals surface area contributed by atoms with Crippen LogP contribution in [0.15, 0.2) is 53.8 Å². The number of carbonyl (C=O) groups is 2. The van der Waals surface area contributed by atoms with Gasteiger partial charge in [-0.2, -0.15) is 0 Å². The van der Waals surface area contributed by atoms with Gasteiger partial charge < -0.3 is 9.47 Å². The van der Waals surface area contributed by atoms with Crippen LogP contribution in [0, 0.1) is 17.7 Å². The van der Waals surface area contributed by atoms with E-state index in [1.54, 1.807) is 19.2 Å². The Labute approximate surface area is 200 Å². The number of rotatable bonds is 3. The molecule has 1 aliphatic carbocycles. The summed E-state index contributed by atoms with van der Waals surface area (Å²) in [4.78, 5) is 33.8. The standard InChI is InChI=1S/C26H23FN2O4S/c1-13-3-10-19-17(11-13)23(30)21-22(14-4-6-15(27)7-5-14)29(25(31)24(21)33-19)26-28-18-9-8-16(32-2)12-20(18)34-26/h4-9,12-13,17,19,22H,3,10-11H2,1-2H3. The van der Waals surface area contributed by atoms with Gasteiger partial charge in [-0.3, -0.25) is 14.5 Å². The Morgan fingerprint density at radius 2 is 1.94 bits per heavy atom. The number of hydrogen-bond acceptors (Lipinski definition) is 6. The Kier molecular flexibility index (Phi) is 4.95. The molecule has 6 rings (SSSR count). The van der Waals surface area contributed by atoms with E-state index in [4.69, 9.17) is 14.5 Å². The summed E-state index contributed by atoms with van der Waals surface area (Å²) >= 11 is 1.35. The van der Waals surface area contributed by atoms with Gasteiger partial charge in [-0.15, -0.1) is 0 Å². The summed E-state index contributed by atoms with van der Waals surface area (Å²) in [5.74, 6) is 0.178. The number of benzene rings is 2. The number of Topliss-reactive ketones (excluding diaryl/α,β-unsaturated/α-hetero) is 1. The van der Waals surface area contributed by atoms with E-state index >= 15 is 0 Å². The molecule has 0 radical (unpaired) electrons. The van der Waals surface area contributed by atoms with E-state index in [9.17, 15) is 14.0 Å². The van der Waals surface area contributed by atoms with Crippen molar-refractivity contribution in [3.8, 4) is 5.75 Å². The zero-order chi connectivity index (χ0) is 23.6. The molecule has 4 unspecified atom stereocenters. The molecule has 174 valence electrons. The number of methoxy groups -OCH3 is 1. The van der Waals surface area contributed by atoms with Gasteiger partial charge in [-0.1, -0.05) is 30.4 Å². The Balaban J connectivity index is 1.49. The molecule has 1 amide bonds. The van der Waals surface area contributed by atoms with Crippen LogP contribution in [-0.4, -0.2) is 29.9 Å². The fourth-order valence-electron chi connectivity index (χ4n) is 5.36. The predicted molar refractivity (Wildman–Crippen MR) is 126 cm³/mol. The second kappa shape index (κ2) is 7.91. The molecule has 0 spiro atoms. The molecule has 2 aromatic carbocycles.